The molecule has 0 unspecified atom stereocenters. The minimum atomic E-state index is 0.0799. The van der Waals surface area contributed by atoms with Crippen molar-refractivity contribution >= 4 is 22.9 Å². The Hall–Kier alpha value is -3.90. The maximum atomic E-state index is 12.6. The van der Waals surface area contributed by atoms with Gasteiger partial charge in [0.1, 0.15) is 24.2 Å². The summed E-state index contributed by atoms with van der Waals surface area (Å²) in [5.74, 6) is 8.16. The molecule has 0 aliphatic carbocycles. The molecule has 0 bridgehead atoms. The molecular weight excluding hydrogens is 454 g/mol. The number of piperidine rings is 1. The Kier molecular flexibility index (Phi) is 7.73. The van der Waals surface area contributed by atoms with E-state index < -0.39 is 0 Å². The molecule has 9 heteroatoms. The molecule has 1 N–H and O–H groups in total. The van der Waals surface area contributed by atoms with Gasteiger partial charge in [-0.2, -0.15) is 0 Å². The van der Waals surface area contributed by atoms with Crippen molar-refractivity contribution in [3.63, 3.8) is 0 Å². The fourth-order valence-corrected chi connectivity index (χ4v) is 4.56. The van der Waals surface area contributed by atoms with Crippen LogP contribution in [0.4, 0.5) is 5.82 Å². The van der Waals surface area contributed by atoms with Gasteiger partial charge in [0.2, 0.25) is 5.91 Å². The highest BCUT2D eigenvalue weighted by Crippen LogP contribution is 2.22. The first-order chi connectivity index (χ1) is 17.8. The summed E-state index contributed by atoms with van der Waals surface area (Å²) in [7, 11) is 0. The van der Waals surface area contributed by atoms with E-state index in [4.69, 9.17) is 4.74 Å². The van der Waals surface area contributed by atoms with E-state index in [0.29, 0.717) is 37.7 Å². The van der Waals surface area contributed by atoms with Crippen molar-refractivity contribution in [1.82, 2.24) is 29.7 Å². The number of fused-ring (bicyclic) bond motifs is 1. The van der Waals surface area contributed by atoms with Crippen LogP contribution in [-0.4, -0.2) is 88.1 Å². The van der Waals surface area contributed by atoms with Crippen LogP contribution in [0.25, 0.3) is 11.2 Å². The van der Waals surface area contributed by atoms with Crippen LogP contribution in [0.5, 0.6) is 5.75 Å². The lowest BCUT2D eigenvalue weighted by molar-refractivity contribution is -0.126. The second-order valence-electron chi connectivity index (χ2n) is 8.96. The molecule has 0 radical (unpaired) electrons. The monoisotopic (exact) mass is 485 g/mol. The lowest BCUT2D eigenvalue weighted by Crippen LogP contribution is -2.48. The second kappa shape index (κ2) is 11.7. The number of imidazole rings is 1. The summed E-state index contributed by atoms with van der Waals surface area (Å²) in [4.78, 5) is 35.7. The van der Waals surface area contributed by atoms with Gasteiger partial charge in [0.05, 0.1) is 0 Å². The van der Waals surface area contributed by atoms with Crippen LogP contribution in [-0.2, 0) is 4.79 Å². The highest BCUT2D eigenvalue weighted by Gasteiger charge is 2.23. The third-order valence-electron chi connectivity index (χ3n) is 6.49. The van der Waals surface area contributed by atoms with Crippen LogP contribution < -0.4 is 9.64 Å². The summed E-state index contributed by atoms with van der Waals surface area (Å²) < 4.78 is 5.61. The summed E-state index contributed by atoms with van der Waals surface area (Å²) in [5, 5.41) is 0. The van der Waals surface area contributed by atoms with Gasteiger partial charge in [0, 0.05) is 38.8 Å². The number of H-pyrrole nitrogens is 1. The Morgan fingerprint density at radius 3 is 2.64 bits per heavy atom. The summed E-state index contributed by atoms with van der Waals surface area (Å²) in [6, 6.07) is 9.57. The number of carbonyl (C=O) groups excluding carboxylic acids is 1. The lowest BCUT2D eigenvalue weighted by Gasteiger charge is -2.35. The van der Waals surface area contributed by atoms with Crippen LogP contribution in [0.3, 0.4) is 0 Å². The van der Waals surface area contributed by atoms with E-state index in [1.165, 1.54) is 25.6 Å². The maximum Gasteiger partial charge on any atom is 0.246 e. The largest absolute Gasteiger partial charge is 0.481 e. The van der Waals surface area contributed by atoms with Crippen LogP contribution in [0.15, 0.2) is 48.8 Å². The number of nitrogens with one attached hydrogen (secondary N) is 1. The molecule has 0 saturated carbocycles. The maximum absolute atomic E-state index is 12.6. The van der Waals surface area contributed by atoms with E-state index in [0.717, 1.165) is 36.7 Å². The number of hydrogen-bond acceptors (Lipinski definition) is 7. The molecule has 4 heterocycles. The smallest absolute Gasteiger partial charge is 0.246 e. The van der Waals surface area contributed by atoms with Crippen LogP contribution in [0.2, 0.25) is 0 Å². The molecule has 1 aromatic carbocycles. The van der Waals surface area contributed by atoms with E-state index in [-0.39, 0.29) is 12.5 Å². The van der Waals surface area contributed by atoms with Gasteiger partial charge < -0.3 is 19.5 Å². The van der Waals surface area contributed by atoms with E-state index >= 15 is 0 Å². The first kappa shape index (κ1) is 23.8. The van der Waals surface area contributed by atoms with Gasteiger partial charge in [-0.25, -0.2) is 15.0 Å². The van der Waals surface area contributed by atoms with Gasteiger partial charge >= 0.3 is 0 Å². The SMILES string of the molecule is O=C(/C=C/CN1CCCCC1)N1CCN(c2ncnc3nc(C#CCOc4ccccc4)[nH]c23)CC1. The number of anilines is 1. The fraction of sp³-hybridized carbons (Fsp3) is 0.407. The number of para-hydroxylation sites is 1. The number of aromatic amines is 1. The predicted molar refractivity (Wildman–Crippen MR) is 139 cm³/mol. The Balaban J connectivity index is 1.16. The van der Waals surface area contributed by atoms with Crippen molar-refractivity contribution in [3.8, 4) is 17.6 Å². The first-order valence-corrected chi connectivity index (χ1v) is 12.6. The molecule has 3 aromatic rings. The summed E-state index contributed by atoms with van der Waals surface area (Å²) in [5.41, 5.74) is 1.33. The van der Waals surface area contributed by atoms with Crippen molar-refractivity contribution in [3.05, 3.63) is 54.6 Å². The summed E-state index contributed by atoms with van der Waals surface area (Å²) in [6.45, 7) is 6.08. The van der Waals surface area contributed by atoms with E-state index in [1.54, 1.807) is 6.08 Å². The molecule has 186 valence electrons. The molecule has 2 fully saturated rings. The highest BCUT2D eigenvalue weighted by molar-refractivity contribution is 5.88. The molecule has 0 spiro atoms. The minimum absolute atomic E-state index is 0.0799. The standard InChI is InChI=1S/C27H31N7O2/c35-24(12-7-15-32-13-5-2-6-14-32)33-16-18-34(19-17-33)27-25-26(28-21-29-27)31-23(30-25)11-8-20-36-22-9-3-1-4-10-22/h1,3-4,7,9-10,12,21H,2,5-6,13-20H2,(H,28,29,30,31)/b12-7+. The lowest BCUT2D eigenvalue weighted by atomic mass is 10.1. The van der Waals surface area contributed by atoms with Crippen molar-refractivity contribution in [2.24, 2.45) is 0 Å². The number of likely N-dealkylation sites (tertiary alicyclic amines) is 1. The van der Waals surface area contributed by atoms with Gasteiger partial charge in [-0.1, -0.05) is 36.6 Å². The molecule has 36 heavy (non-hydrogen) atoms. The molecule has 9 nitrogen and oxygen atoms in total. The summed E-state index contributed by atoms with van der Waals surface area (Å²) >= 11 is 0. The fourth-order valence-electron chi connectivity index (χ4n) is 4.56. The van der Waals surface area contributed by atoms with Crippen molar-refractivity contribution in [2.75, 3.05) is 57.3 Å². The van der Waals surface area contributed by atoms with Crippen LogP contribution >= 0.6 is 0 Å². The third kappa shape index (κ3) is 6.01. The van der Waals surface area contributed by atoms with E-state index in [2.05, 4.69) is 41.6 Å². The molecule has 0 atom stereocenters. The number of rotatable bonds is 6. The zero-order chi connectivity index (χ0) is 24.6. The van der Waals surface area contributed by atoms with Gasteiger partial charge in [0.15, 0.2) is 17.3 Å². The molecule has 1 amide bonds. The second-order valence-corrected chi connectivity index (χ2v) is 8.96. The molecule has 2 saturated heterocycles. The molecular formula is C27H31N7O2. The Labute approximate surface area is 211 Å². The molecule has 2 aliphatic rings. The van der Waals surface area contributed by atoms with Gasteiger partial charge in [-0.3, -0.25) is 9.69 Å². The summed E-state index contributed by atoms with van der Waals surface area (Å²) in [6.07, 6.45) is 9.09. The molecule has 2 aromatic heterocycles. The van der Waals surface area contributed by atoms with Crippen LogP contribution in [0.1, 0.15) is 25.1 Å². The zero-order valence-corrected chi connectivity index (χ0v) is 20.4. The Bertz CT molecular complexity index is 1250. The zero-order valence-electron chi connectivity index (χ0n) is 20.4. The predicted octanol–water partition coefficient (Wildman–Crippen LogP) is 2.47. The topological polar surface area (TPSA) is 90.5 Å². The number of benzene rings is 1. The quantitative estimate of drug-likeness (QED) is 0.424. The molecule has 2 aliphatic heterocycles. The van der Waals surface area contributed by atoms with Crippen molar-refractivity contribution < 1.29 is 9.53 Å². The van der Waals surface area contributed by atoms with Gasteiger partial charge in [0.25, 0.3) is 0 Å². The number of carbonyl (C=O) groups is 1. The Morgan fingerprint density at radius 2 is 1.83 bits per heavy atom. The van der Waals surface area contributed by atoms with Crippen LogP contribution in [0, 0.1) is 11.8 Å². The first-order valence-electron chi connectivity index (χ1n) is 12.6. The average molecular weight is 486 g/mol. The number of amides is 1. The third-order valence-corrected chi connectivity index (χ3v) is 6.49. The van der Waals surface area contributed by atoms with Crippen molar-refractivity contribution in [2.45, 2.75) is 19.3 Å². The Morgan fingerprint density at radius 1 is 1.03 bits per heavy atom. The molecule has 5 rings (SSSR count). The van der Waals surface area contributed by atoms with E-state index in [1.807, 2.05) is 41.3 Å². The highest BCUT2D eigenvalue weighted by atomic mass is 16.5. The number of ether oxygens (including phenoxy) is 1. The van der Waals surface area contributed by atoms with E-state index in [9.17, 15) is 4.79 Å². The van der Waals surface area contributed by atoms with Crippen molar-refractivity contribution in [1.29, 1.82) is 0 Å². The number of nitrogens with zero attached hydrogens (tertiary/aromatic N) is 6. The number of aromatic nitrogens is 4. The minimum Gasteiger partial charge on any atom is -0.481 e. The van der Waals surface area contributed by atoms with Gasteiger partial charge in [-0.15, -0.1) is 0 Å². The average Bonchev–Trinajstić information content (AvgIpc) is 3.35. The number of hydrogen-bond donors (Lipinski definition) is 1. The number of piperazine rings is 1. The van der Waals surface area contributed by atoms with Gasteiger partial charge in [-0.05, 0) is 44.0 Å². The normalized spacial score (nSPS) is 16.8.